The van der Waals surface area contributed by atoms with Gasteiger partial charge in [-0.15, -0.1) is 0 Å². The van der Waals surface area contributed by atoms with Crippen LogP contribution in [-0.4, -0.2) is 35.1 Å². The first-order valence-corrected chi connectivity index (χ1v) is 7.53. The van der Waals surface area contributed by atoms with Gasteiger partial charge < -0.3 is 10.0 Å². The number of pyridine rings is 1. The summed E-state index contributed by atoms with van der Waals surface area (Å²) in [6.07, 6.45) is 2.00. The Morgan fingerprint density at radius 1 is 1.24 bits per heavy atom. The number of halogens is 2. The standard InChI is InChI=1S/C16H18Cl2N2O/c1-20(9-7-13-4-2-3-8-19-13)11-16(21)14-6-5-12(17)10-15(14)18/h2-6,8,10,16,21H,7,9,11H2,1H3. The van der Waals surface area contributed by atoms with Crippen LogP contribution in [0.2, 0.25) is 10.0 Å². The lowest BCUT2D eigenvalue weighted by Gasteiger charge is -2.21. The van der Waals surface area contributed by atoms with Crippen molar-refractivity contribution in [1.82, 2.24) is 9.88 Å². The molecule has 0 spiro atoms. The van der Waals surface area contributed by atoms with Gasteiger partial charge in [0, 0.05) is 47.0 Å². The average Bonchev–Trinajstić information content (AvgIpc) is 2.46. The summed E-state index contributed by atoms with van der Waals surface area (Å²) in [7, 11) is 1.97. The van der Waals surface area contributed by atoms with Gasteiger partial charge in [-0.05, 0) is 31.3 Å². The zero-order valence-electron chi connectivity index (χ0n) is 11.8. The van der Waals surface area contributed by atoms with Gasteiger partial charge >= 0.3 is 0 Å². The number of aromatic nitrogens is 1. The maximum atomic E-state index is 10.3. The normalized spacial score (nSPS) is 12.6. The molecule has 0 saturated carbocycles. The highest BCUT2D eigenvalue weighted by molar-refractivity contribution is 6.35. The lowest BCUT2D eigenvalue weighted by molar-refractivity contribution is 0.127. The van der Waals surface area contributed by atoms with E-state index >= 15 is 0 Å². The summed E-state index contributed by atoms with van der Waals surface area (Å²) in [4.78, 5) is 6.35. The van der Waals surface area contributed by atoms with Gasteiger partial charge in [-0.2, -0.15) is 0 Å². The summed E-state index contributed by atoms with van der Waals surface area (Å²) in [5.41, 5.74) is 1.74. The maximum absolute atomic E-state index is 10.3. The van der Waals surface area contributed by atoms with E-state index in [0.29, 0.717) is 22.2 Å². The van der Waals surface area contributed by atoms with E-state index in [2.05, 4.69) is 9.88 Å². The van der Waals surface area contributed by atoms with Crippen LogP contribution in [0.3, 0.4) is 0 Å². The SMILES string of the molecule is CN(CCc1ccccn1)CC(O)c1ccc(Cl)cc1Cl. The molecule has 112 valence electrons. The van der Waals surface area contributed by atoms with Gasteiger partial charge in [0.1, 0.15) is 0 Å². The number of likely N-dealkylation sites (N-methyl/N-ethyl adjacent to an activating group) is 1. The van der Waals surface area contributed by atoms with Gasteiger partial charge in [0.2, 0.25) is 0 Å². The van der Waals surface area contributed by atoms with Crippen molar-refractivity contribution in [1.29, 1.82) is 0 Å². The molecule has 0 aliphatic carbocycles. The number of aliphatic hydroxyl groups excluding tert-OH is 1. The summed E-state index contributed by atoms with van der Waals surface area (Å²) in [6, 6.07) is 11.0. The van der Waals surface area contributed by atoms with Crippen LogP contribution in [0.4, 0.5) is 0 Å². The number of hydrogen-bond acceptors (Lipinski definition) is 3. The third kappa shape index (κ3) is 4.97. The molecule has 5 heteroatoms. The smallest absolute Gasteiger partial charge is 0.0931 e. The molecule has 0 saturated heterocycles. The topological polar surface area (TPSA) is 36.4 Å². The number of rotatable bonds is 6. The fourth-order valence-electron chi connectivity index (χ4n) is 2.11. The Labute approximate surface area is 135 Å². The molecular formula is C16H18Cl2N2O. The highest BCUT2D eigenvalue weighted by Gasteiger charge is 2.14. The molecule has 1 heterocycles. The molecule has 1 aromatic carbocycles. The second kappa shape index (κ2) is 7.76. The van der Waals surface area contributed by atoms with Crippen LogP contribution in [0, 0.1) is 0 Å². The number of benzene rings is 1. The third-order valence-electron chi connectivity index (χ3n) is 3.28. The quantitative estimate of drug-likeness (QED) is 0.882. The van der Waals surface area contributed by atoms with E-state index < -0.39 is 6.10 Å². The molecule has 21 heavy (non-hydrogen) atoms. The Balaban J connectivity index is 1.88. The second-order valence-corrected chi connectivity index (χ2v) is 5.86. The monoisotopic (exact) mass is 324 g/mol. The van der Waals surface area contributed by atoms with Crippen LogP contribution in [0.5, 0.6) is 0 Å². The van der Waals surface area contributed by atoms with Crippen molar-refractivity contribution in [2.75, 3.05) is 20.1 Å². The lowest BCUT2D eigenvalue weighted by Crippen LogP contribution is -2.27. The molecule has 0 amide bonds. The predicted molar refractivity (Wildman–Crippen MR) is 86.9 cm³/mol. The molecule has 0 bridgehead atoms. The van der Waals surface area contributed by atoms with Crippen molar-refractivity contribution in [2.45, 2.75) is 12.5 Å². The van der Waals surface area contributed by atoms with E-state index in [1.807, 2.05) is 25.2 Å². The van der Waals surface area contributed by atoms with Crippen molar-refractivity contribution in [2.24, 2.45) is 0 Å². The summed E-state index contributed by atoms with van der Waals surface area (Å²) in [5.74, 6) is 0. The zero-order valence-corrected chi connectivity index (χ0v) is 13.3. The largest absolute Gasteiger partial charge is 0.387 e. The minimum absolute atomic E-state index is 0.494. The Bertz CT molecular complexity index is 578. The van der Waals surface area contributed by atoms with Gasteiger partial charge in [0.25, 0.3) is 0 Å². The summed E-state index contributed by atoms with van der Waals surface area (Å²) < 4.78 is 0. The van der Waals surface area contributed by atoms with Crippen LogP contribution < -0.4 is 0 Å². The van der Waals surface area contributed by atoms with E-state index in [9.17, 15) is 5.11 Å². The lowest BCUT2D eigenvalue weighted by atomic mass is 10.1. The molecule has 1 aromatic heterocycles. The molecule has 0 aliphatic rings. The Morgan fingerprint density at radius 2 is 2.05 bits per heavy atom. The van der Waals surface area contributed by atoms with E-state index in [1.54, 1.807) is 24.4 Å². The second-order valence-electron chi connectivity index (χ2n) is 5.01. The fraction of sp³-hybridized carbons (Fsp3) is 0.312. The van der Waals surface area contributed by atoms with Crippen molar-refractivity contribution >= 4 is 23.2 Å². The molecule has 0 fully saturated rings. The highest BCUT2D eigenvalue weighted by Crippen LogP contribution is 2.26. The van der Waals surface area contributed by atoms with Crippen molar-refractivity contribution < 1.29 is 5.11 Å². The van der Waals surface area contributed by atoms with E-state index in [4.69, 9.17) is 23.2 Å². The summed E-state index contributed by atoms with van der Waals surface area (Å²) in [6.45, 7) is 1.33. The van der Waals surface area contributed by atoms with Crippen molar-refractivity contribution in [3.05, 3.63) is 63.9 Å². The Morgan fingerprint density at radius 3 is 2.71 bits per heavy atom. The van der Waals surface area contributed by atoms with Gasteiger partial charge in [-0.3, -0.25) is 4.98 Å². The molecular weight excluding hydrogens is 307 g/mol. The first kappa shape index (κ1) is 16.2. The van der Waals surface area contributed by atoms with Crippen LogP contribution in [-0.2, 0) is 6.42 Å². The summed E-state index contributed by atoms with van der Waals surface area (Å²) >= 11 is 12.0. The van der Waals surface area contributed by atoms with Crippen LogP contribution in [0.1, 0.15) is 17.4 Å². The van der Waals surface area contributed by atoms with Crippen molar-refractivity contribution in [3.8, 4) is 0 Å². The van der Waals surface area contributed by atoms with Gasteiger partial charge in [0.15, 0.2) is 0 Å². The minimum Gasteiger partial charge on any atom is -0.387 e. The van der Waals surface area contributed by atoms with Crippen molar-refractivity contribution in [3.63, 3.8) is 0 Å². The Kier molecular flexibility index (Phi) is 6.00. The maximum Gasteiger partial charge on any atom is 0.0931 e. The van der Waals surface area contributed by atoms with E-state index in [-0.39, 0.29) is 0 Å². The van der Waals surface area contributed by atoms with Gasteiger partial charge in [0.05, 0.1) is 6.10 Å². The third-order valence-corrected chi connectivity index (χ3v) is 3.84. The molecule has 1 atom stereocenters. The minimum atomic E-state index is -0.636. The van der Waals surface area contributed by atoms with Gasteiger partial charge in [-0.1, -0.05) is 35.3 Å². The van der Waals surface area contributed by atoms with E-state index in [1.165, 1.54) is 0 Å². The molecule has 3 nitrogen and oxygen atoms in total. The Hall–Kier alpha value is -1.13. The number of aliphatic hydroxyl groups is 1. The number of nitrogens with zero attached hydrogens (tertiary/aromatic N) is 2. The molecule has 2 rings (SSSR count). The first-order chi connectivity index (χ1) is 10.1. The molecule has 2 aromatic rings. The highest BCUT2D eigenvalue weighted by atomic mass is 35.5. The van der Waals surface area contributed by atoms with Crippen LogP contribution >= 0.6 is 23.2 Å². The zero-order chi connectivity index (χ0) is 15.2. The molecule has 0 aliphatic heterocycles. The van der Waals surface area contributed by atoms with Gasteiger partial charge in [-0.25, -0.2) is 0 Å². The molecule has 1 N–H and O–H groups in total. The van der Waals surface area contributed by atoms with Crippen LogP contribution in [0.15, 0.2) is 42.6 Å². The molecule has 1 unspecified atom stereocenters. The number of hydrogen-bond donors (Lipinski definition) is 1. The fourth-order valence-corrected chi connectivity index (χ4v) is 2.64. The summed E-state index contributed by atoms with van der Waals surface area (Å²) in [5, 5.41) is 11.3. The predicted octanol–water partition coefficient (Wildman–Crippen LogP) is 3.60. The average molecular weight is 325 g/mol. The van der Waals surface area contributed by atoms with Crippen LogP contribution in [0.25, 0.3) is 0 Å². The first-order valence-electron chi connectivity index (χ1n) is 6.77. The molecule has 0 radical (unpaired) electrons. The van der Waals surface area contributed by atoms with E-state index in [0.717, 1.165) is 18.7 Å².